The molecule has 136 valence electrons. The van der Waals surface area contributed by atoms with E-state index in [1.807, 2.05) is 30.3 Å². The summed E-state index contributed by atoms with van der Waals surface area (Å²) in [6.07, 6.45) is 3.20. The fourth-order valence-electron chi connectivity index (χ4n) is 3.94. The summed E-state index contributed by atoms with van der Waals surface area (Å²) in [4.78, 5) is 18.9. The highest BCUT2D eigenvalue weighted by atomic mass is 32.1. The van der Waals surface area contributed by atoms with Gasteiger partial charge >= 0.3 is 0 Å². The fourth-order valence-corrected chi connectivity index (χ4v) is 5.57. The Kier molecular flexibility index (Phi) is 4.40. The number of aryl methyl sites for hydroxylation is 1. The van der Waals surface area contributed by atoms with Gasteiger partial charge in [0.1, 0.15) is 4.83 Å². The van der Waals surface area contributed by atoms with Crippen LogP contribution in [0.5, 0.6) is 0 Å². The lowest BCUT2D eigenvalue weighted by atomic mass is 9.72. The second-order valence-corrected chi connectivity index (χ2v) is 9.81. The molecule has 0 saturated heterocycles. The smallest absolute Gasteiger partial charge is 0.263 e. The Morgan fingerprint density at radius 3 is 2.69 bits per heavy atom. The molecule has 2 heterocycles. The normalized spacial score (nSPS) is 17.4. The van der Waals surface area contributed by atoms with Crippen LogP contribution < -0.4 is 5.56 Å². The Morgan fingerprint density at radius 2 is 2.00 bits per heavy atom. The van der Waals surface area contributed by atoms with Crippen LogP contribution in [-0.2, 0) is 19.4 Å². The Morgan fingerprint density at radius 1 is 1.27 bits per heavy atom. The summed E-state index contributed by atoms with van der Waals surface area (Å²) in [6.45, 7) is 7.46. The third kappa shape index (κ3) is 3.08. The number of aromatic amines is 1. The van der Waals surface area contributed by atoms with Gasteiger partial charge in [-0.15, -0.1) is 11.3 Å². The number of nitrogens with zero attached hydrogens (tertiary/aromatic N) is 1. The maximum Gasteiger partial charge on any atom is 0.263 e. The van der Waals surface area contributed by atoms with Crippen LogP contribution in [0.2, 0.25) is 0 Å². The molecule has 0 bridgehead atoms. The summed E-state index contributed by atoms with van der Waals surface area (Å²) >= 11 is 7.23. The molecular formula is C21H24N2OS2. The molecule has 0 amide bonds. The third-order valence-corrected chi connectivity index (χ3v) is 7.09. The zero-order chi connectivity index (χ0) is 18.5. The summed E-state index contributed by atoms with van der Waals surface area (Å²) in [5.41, 5.74) is 2.70. The Bertz CT molecular complexity index is 1070. The van der Waals surface area contributed by atoms with Gasteiger partial charge in [0.25, 0.3) is 5.56 Å². The van der Waals surface area contributed by atoms with Gasteiger partial charge in [-0.25, -0.2) is 0 Å². The number of benzene rings is 1. The van der Waals surface area contributed by atoms with E-state index in [0.717, 1.165) is 35.0 Å². The van der Waals surface area contributed by atoms with Gasteiger partial charge in [-0.2, -0.15) is 0 Å². The van der Waals surface area contributed by atoms with E-state index in [1.54, 1.807) is 15.9 Å². The maximum absolute atomic E-state index is 13.2. The second kappa shape index (κ2) is 6.46. The molecule has 0 fully saturated rings. The van der Waals surface area contributed by atoms with E-state index >= 15 is 0 Å². The van der Waals surface area contributed by atoms with Crippen molar-refractivity contribution in [3.63, 3.8) is 0 Å². The number of rotatable bonds is 2. The third-order valence-electron chi connectivity index (χ3n) is 5.60. The molecule has 0 saturated carbocycles. The molecule has 3 aromatic rings. The molecule has 2 aromatic heterocycles. The highest BCUT2D eigenvalue weighted by Gasteiger charge is 2.31. The first-order chi connectivity index (χ1) is 12.3. The van der Waals surface area contributed by atoms with Gasteiger partial charge in [-0.3, -0.25) is 9.36 Å². The van der Waals surface area contributed by atoms with Gasteiger partial charge in [0, 0.05) is 4.88 Å². The average Bonchev–Trinajstić information content (AvgIpc) is 2.96. The number of hydrogen-bond acceptors (Lipinski definition) is 3. The van der Waals surface area contributed by atoms with Crippen LogP contribution in [0.25, 0.3) is 10.2 Å². The van der Waals surface area contributed by atoms with Crippen LogP contribution in [0.4, 0.5) is 0 Å². The minimum Gasteiger partial charge on any atom is -0.323 e. The summed E-state index contributed by atoms with van der Waals surface area (Å²) in [7, 11) is 0. The van der Waals surface area contributed by atoms with Gasteiger partial charge in [-0.1, -0.05) is 51.1 Å². The van der Waals surface area contributed by atoms with Crippen molar-refractivity contribution >= 4 is 33.8 Å². The standard InChI is InChI=1S/C21H24N2OS2/c1-21(2,3)14-9-10-15-16(11-14)26-18-17(15)19(24)23(20(25)22-18)12-13-7-5-4-6-8-13/h4-8,14H,9-12H2,1-3H3,(H,22,25)/t14-/m1/s1. The molecule has 0 aliphatic heterocycles. The van der Waals surface area contributed by atoms with Gasteiger partial charge in [0.15, 0.2) is 4.77 Å². The molecule has 1 aromatic carbocycles. The molecule has 5 heteroatoms. The van der Waals surface area contributed by atoms with Gasteiger partial charge < -0.3 is 4.98 Å². The van der Waals surface area contributed by atoms with Crippen LogP contribution in [-0.4, -0.2) is 9.55 Å². The number of fused-ring (bicyclic) bond motifs is 3. The molecule has 1 atom stereocenters. The average molecular weight is 385 g/mol. The Balaban J connectivity index is 1.81. The van der Waals surface area contributed by atoms with Crippen LogP contribution in [0.15, 0.2) is 35.1 Å². The van der Waals surface area contributed by atoms with Crippen molar-refractivity contribution in [1.29, 1.82) is 0 Å². The number of H-pyrrole nitrogens is 1. The predicted octanol–water partition coefficient (Wildman–Crippen LogP) is 5.32. The van der Waals surface area contributed by atoms with Crippen molar-refractivity contribution in [2.75, 3.05) is 0 Å². The molecule has 0 radical (unpaired) electrons. The lowest BCUT2D eigenvalue weighted by Crippen LogP contribution is -2.27. The lowest BCUT2D eigenvalue weighted by Gasteiger charge is -2.33. The van der Waals surface area contributed by atoms with E-state index in [0.29, 0.717) is 22.6 Å². The molecule has 26 heavy (non-hydrogen) atoms. The Hall–Kier alpha value is -1.72. The van der Waals surface area contributed by atoms with Crippen LogP contribution >= 0.6 is 23.6 Å². The molecule has 0 unspecified atom stereocenters. The van der Waals surface area contributed by atoms with Gasteiger partial charge in [0.05, 0.1) is 11.9 Å². The van der Waals surface area contributed by atoms with E-state index in [9.17, 15) is 4.79 Å². The number of hydrogen-bond donors (Lipinski definition) is 1. The summed E-state index contributed by atoms with van der Waals surface area (Å²) in [5.74, 6) is 0.664. The van der Waals surface area contributed by atoms with E-state index in [2.05, 4.69) is 25.8 Å². The van der Waals surface area contributed by atoms with Crippen molar-refractivity contribution in [2.45, 2.75) is 46.6 Å². The minimum atomic E-state index is 0.0549. The van der Waals surface area contributed by atoms with Crippen LogP contribution in [0.1, 0.15) is 43.2 Å². The molecule has 1 aliphatic rings. The highest BCUT2D eigenvalue weighted by Crippen LogP contribution is 2.41. The molecule has 4 rings (SSSR count). The molecule has 0 spiro atoms. The van der Waals surface area contributed by atoms with Crippen molar-refractivity contribution in [2.24, 2.45) is 11.3 Å². The zero-order valence-corrected chi connectivity index (χ0v) is 17.1. The monoisotopic (exact) mass is 384 g/mol. The SMILES string of the molecule is CC(C)(C)[C@@H]1CCc2c(sc3[nH]c(=S)n(Cc4ccccc4)c(=O)c23)C1. The first kappa shape index (κ1) is 17.7. The predicted molar refractivity (Wildman–Crippen MR) is 112 cm³/mol. The highest BCUT2D eigenvalue weighted by molar-refractivity contribution is 7.71. The lowest BCUT2D eigenvalue weighted by molar-refractivity contribution is 0.218. The van der Waals surface area contributed by atoms with Gasteiger partial charge in [0.2, 0.25) is 0 Å². The summed E-state index contributed by atoms with van der Waals surface area (Å²) in [6, 6.07) is 10.0. The second-order valence-electron chi connectivity index (χ2n) is 8.32. The van der Waals surface area contributed by atoms with Crippen molar-refractivity contribution < 1.29 is 0 Å². The quantitative estimate of drug-likeness (QED) is 0.607. The van der Waals surface area contributed by atoms with Crippen LogP contribution in [0, 0.1) is 16.1 Å². The van der Waals surface area contributed by atoms with Gasteiger partial charge in [-0.05, 0) is 53.9 Å². The molecule has 1 N–H and O–H groups in total. The van der Waals surface area contributed by atoms with E-state index < -0.39 is 0 Å². The number of nitrogens with one attached hydrogen (secondary N) is 1. The van der Waals surface area contributed by atoms with E-state index in [4.69, 9.17) is 12.2 Å². The van der Waals surface area contributed by atoms with Crippen LogP contribution in [0.3, 0.4) is 0 Å². The molecule has 1 aliphatic carbocycles. The van der Waals surface area contributed by atoms with E-state index in [-0.39, 0.29) is 5.56 Å². The van der Waals surface area contributed by atoms with Crippen molar-refractivity contribution in [1.82, 2.24) is 9.55 Å². The first-order valence-corrected chi connectivity index (χ1v) is 10.4. The topological polar surface area (TPSA) is 37.8 Å². The maximum atomic E-state index is 13.2. The zero-order valence-electron chi connectivity index (χ0n) is 15.5. The summed E-state index contributed by atoms with van der Waals surface area (Å²) in [5, 5.41) is 0.863. The summed E-state index contributed by atoms with van der Waals surface area (Å²) < 4.78 is 2.22. The molecular weight excluding hydrogens is 360 g/mol. The van der Waals surface area contributed by atoms with Crippen molar-refractivity contribution in [3.8, 4) is 0 Å². The first-order valence-electron chi connectivity index (χ1n) is 9.16. The minimum absolute atomic E-state index is 0.0549. The Labute approximate surface area is 162 Å². The van der Waals surface area contributed by atoms with E-state index in [1.165, 1.54) is 10.4 Å². The molecule has 3 nitrogen and oxygen atoms in total. The number of thiophene rings is 1. The fraction of sp³-hybridized carbons (Fsp3) is 0.429. The largest absolute Gasteiger partial charge is 0.323 e. The van der Waals surface area contributed by atoms with Crippen molar-refractivity contribution in [3.05, 3.63) is 61.5 Å². The number of aromatic nitrogens is 2.